The standard InChI is InChI=1S/C20H24ClN3O2/c21-19-13-18(7-6-17(19)15-24-9-11-26-12-10-24)23-20(25)5-1-3-16-4-2-8-22-14-16/h2,4,6-8,13-14H,1,3,5,9-12,15H2,(H,23,25). The van der Waals surface area contributed by atoms with E-state index in [0.29, 0.717) is 11.4 Å². The Morgan fingerprint density at radius 2 is 2.12 bits per heavy atom. The number of anilines is 1. The van der Waals surface area contributed by atoms with Crippen molar-refractivity contribution in [1.29, 1.82) is 0 Å². The molecule has 0 saturated carbocycles. The van der Waals surface area contributed by atoms with Crippen LogP contribution in [0.2, 0.25) is 5.02 Å². The number of nitrogens with zero attached hydrogens (tertiary/aromatic N) is 2. The van der Waals surface area contributed by atoms with Gasteiger partial charge in [0.1, 0.15) is 0 Å². The molecule has 2 aromatic rings. The van der Waals surface area contributed by atoms with Crippen molar-refractivity contribution in [3.8, 4) is 0 Å². The molecule has 0 aliphatic carbocycles. The van der Waals surface area contributed by atoms with Gasteiger partial charge < -0.3 is 10.1 Å². The summed E-state index contributed by atoms with van der Waals surface area (Å²) in [6.45, 7) is 4.19. The molecule has 1 aliphatic heterocycles. The molecule has 6 heteroatoms. The summed E-state index contributed by atoms with van der Waals surface area (Å²) in [5.41, 5.74) is 2.96. The fraction of sp³-hybridized carbons (Fsp3) is 0.400. The van der Waals surface area contributed by atoms with Crippen LogP contribution >= 0.6 is 11.6 Å². The maximum absolute atomic E-state index is 12.1. The Kier molecular flexibility index (Phi) is 7.00. The second-order valence-corrected chi connectivity index (χ2v) is 6.86. The predicted octanol–water partition coefficient (Wildman–Crippen LogP) is 3.53. The van der Waals surface area contributed by atoms with Crippen molar-refractivity contribution in [2.24, 2.45) is 0 Å². The Hall–Kier alpha value is -1.95. The van der Waals surface area contributed by atoms with Gasteiger partial charge >= 0.3 is 0 Å². The number of carbonyl (C=O) groups excluding carboxylic acids is 1. The molecule has 1 aromatic carbocycles. The first-order valence-corrected chi connectivity index (χ1v) is 9.36. The van der Waals surface area contributed by atoms with Gasteiger partial charge in [-0.3, -0.25) is 14.7 Å². The minimum atomic E-state index is 0.00545. The molecule has 1 N–H and O–H groups in total. The van der Waals surface area contributed by atoms with Crippen molar-refractivity contribution in [1.82, 2.24) is 9.88 Å². The second-order valence-electron chi connectivity index (χ2n) is 6.46. The van der Waals surface area contributed by atoms with Crippen molar-refractivity contribution in [2.75, 3.05) is 31.6 Å². The lowest BCUT2D eigenvalue weighted by atomic mass is 10.1. The van der Waals surface area contributed by atoms with E-state index in [9.17, 15) is 4.79 Å². The first kappa shape index (κ1) is 18.8. The predicted molar refractivity (Wildman–Crippen MR) is 103 cm³/mol. The molecule has 1 saturated heterocycles. The quantitative estimate of drug-likeness (QED) is 0.806. The number of ether oxygens (including phenoxy) is 1. The summed E-state index contributed by atoms with van der Waals surface area (Å²) in [5, 5.41) is 3.61. The summed E-state index contributed by atoms with van der Waals surface area (Å²) in [5.74, 6) is 0.00545. The smallest absolute Gasteiger partial charge is 0.224 e. The van der Waals surface area contributed by atoms with E-state index < -0.39 is 0 Å². The molecule has 0 unspecified atom stereocenters. The molecule has 0 spiro atoms. The average molecular weight is 374 g/mol. The van der Waals surface area contributed by atoms with E-state index in [2.05, 4.69) is 15.2 Å². The number of aromatic nitrogens is 1. The van der Waals surface area contributed by atoms with Crippen molar-refractivity contribution < 1.29 is 9.53 Å². The minimum absolute atomic E-state index is 0.00545. The molecule has 138 valence electrons. The van der Waals surface area contributed by atoms with E-state index in [0.717, 1.165) is 62.5 Å². The van der Waals surface area contributed by atoms with Gasteiger partial charge in [0.15, 0.2) is 0 Å². The van der Waals surface area contributed by atoms with Crippen LogP contribution in [0.15, 0.2) is 42.7 Å². The molecule has 0 bridgehead atoms. The van der Waals surface area contributed by atoms with Crippen molar-refractivity contribution in [3.05, 3.63) is 58.9 Å². The Bertz CT molecular complexity index is 718. The highest BCUT2D eigenvalue weighted by Gasteiger charge is 2.13. The van der Waals surface area contributed by atoms with Crippen LogP contribution in [0.25, 0.3) is 0 Å². The van der Waals surface area contributed by atoms with Gasteiger partial charge in [-0.2, -0.15) is 0 Å². The van der Waals surface area contributed by atoms with E-state index >= 15 is 0 Å². The second kappa shape index (κ2) is 9.67. The Labute approximate surface area is 159 Å². The Morgan fingerprint density at radius 1 is 1.27 bits per heavy atom. The summed E-state index contributed by atoms with van der Waals surface area (Å²) < 4.78 is 5.37. The number of benzene rings is 1. The van der Waals surface area contributed by atoms with E-state index in [1.807, 2.05) is 36.5 Å². The molecule has 0 atom stereocenters. The van der Waals surface area contributed by atoms with Crippen LogP contribution in [0.5, 0.6) is 0 Å². The van der Waals surface area contributed by atoms with Crippen molar-refractivity contribution in [3.63, 3.8) is 0 Å². The maximum Gasteiger partial charge on any atom is 0.224 e. The van der Waals surface area contributed by atoms with Crippen LogP contribution in [0.4, 0.5) is 5.69 Å². The van der Waals surface area contributed by atoms with Gasteiger partial charge in [-0.25, -0.2) is 0 Å². The molecule has 2 heterocycles. The topological polar surface area (TPSA) is 54.5 Å². The number of morpholine rings is 1. The molecular weight excluding hydrogens is 350 g/mol. The minimum Gasteiger partial charge on any atom is -0.379 e. The molecule has 1 fully saturated rings. The van der Waals surface area contributed by atoms with Gasteiger partial charge in [-0.05, 0) is 42.2 Å². The average Bonchev–Trinajstić information content (AvgIpc) is 2.66. The van der Waals surface area contributed by atoms with E-state index in [1.54, 1.807) is 6.20 Å². The summed E-state index contributed by atoms with van der Waals surface area (Å²) in [4.78, 5) is 18.5. The summed E-state index contributed by atoms with van der Waals surface area (Å²) >= 11 is 6.40. The number of carbonyl (C=O) groups is 1. The number of amides is 1. The monoisotopic (exact) mass is 373 g/mol. The number of pyridine rings is 1. The zero-order chi connectivity index (χ0) is 18.2. The lowest BCUT2D eigenvalue weighted by Gasteiger charge is -2.27. The molecule has 1 amide bonds. The van der Waals surface area contributed by atoms with Crippen LogP contribution in [-0.2, 0) is 22.5 Å². The molecule has 26 heavy (non-hydrogen) atoms. The molecule has 1 aliphatic rings. The Morgan fingerprint density at radius 3 is 2.85 bits per heavy atom. The molecule has 0 radical (unpaired) electrons. The first-order chi connectivity index (χ1) is 12.7. The summed E-state index contributed by atoms with van der Waals surface area (Å²) in [6, 6.07) is 9.67. The van der Waals surface area contributed by atoms with E-state index in [1.165, 1.54) is 0 Å². The number of rotatable bonds is 7. The number of hydrogen-bond donors (Lipinski definition) is 1. The third kappa shape index (κ3) is 5.80. The molecular formula is C20H24ClN3O2. The van der Waals surface area contributed by atoms with Crippen molar-refractivity contribution >= 4 is 23.2 Å². The van der Waals surface area contributed by atoms with Crippen molar-refractivity contribution in [2.45, 2.75) is 25.8 Å². The number of aryl methyl sites for hydroxylation is 1. The molecule has 3 rings (SSSR count). The van der Waals surface area contributed by atoms with Crippen LogP contribution in [0.1, 0.15) is 24.0 Å². The number of hydrogen-bond acceptors (Lipinski definition) is 4. The number of halogens is 1. The van der Waals surface area contributed by atoms with Gasteiger partial charge in [0.05, 0.1) is 13.2 Å². The molecule has 5 nitrogen and oxygen atoms in total. The lowest BCUT2D eigenvalue weighted by molar-refractivity contribution is -0.116. The van der Waals surface area contributed by atoms with Crippen LogP contribution in [-0.4, -0.2) is 42.1 Å². The van der Waals surface area contributed by atoms with Crippen LogP contribution in [0.3, 0.4) is 0 Å². The zero-order valence-corrected chi connectivity index (χ0v) is 15.5. The third-order valence-corrected chi connectivity index (χ3v) is 4.78. The first-order valence-electron chi connectivity index (χ1n) is 8.98. The maximum atomic E-state index is 12.1. The highest BCUT2D eigenvalue weighted by molar-refractivity contribution is 6.31. The Balaban J connectivity index is 1.46. The summed E-state index contributed by atoms with van der Waals surface area (Å²) in [6.07, 6.45) is 5.70. The van der Waals surface area contributed by atoms with Gasteiger partial charge in [-0.1, -0.05) is 23.7 Å². The van der Waals surface area contributed by atoms with Gasteiger partial charge in [0.2, 0.25) is 5.91 Å². The number of nitrogens with one attached hydrogen (secondary N) is 1. The van der Waals surface area contributed by atoms with Gasteiger partial charge in [0.25, 0.3) is 0 Å². The normalized spacial score (nSPS) is 15.0. The van der Waals surface area contributed by atoms with Crippen LogP contribution in [0, 0.1) is 0 Å². The van der Waals surface area contributed by atoms with Gasteiger partial charge in [0, 0.05) is 49.2 Å². The lowest BCUT2D eigenvalue weighted by Crippen LogP contribution is -2.35. The fourth-order valence-corrected chi connectivity index (χ4v) is 3.22. The SMILES string of the molecule is O=C(CCCc1cccnc1)Nc1ccc(CN2CCOCC2)c(Cl)c1. The molecule has 1 aromatic heterocycles. The largest absolute Gasteiger partial charge is 0.379 e. The van der Waals surface area contributed by atoms with E-state index in [-0.39, 0.29) is 5.91 Å². The van der Waals surface area contributed by atoms with Gasteiger partial charge in [-0.15, -0.1) is 0 Å². The van der Waals surface area contributed by atoms with Crippen LogP contribution < -0.4 is 5.32 Å². The third-order valence-electron chi connectivity index (χ3n) is 4.43. The fourth-order valence-electron chi connectivity index (χ4n) is 2.98. The summed E-state index contributed by atoms with van der Waals surface area (Å²) in [7, 11) is 0. The zero-order valence-electron chi connectivity index (χ0n) is 14.8. The van der Waals surface area contributed by atoms with E-state index in [4.69, 9.17) is 16.3 Å². The highest BCUT2D eigenvalue weighted by Crippen LogP contribution is 2.23. The highest BCUT2D eigenvalue weighted by atomic mass is 35.5.